The van der Waals surface area contributed by atoms with E-state index in [2.05, 4.69) is 10.6 Å². The summed E-state index contributed by atoms with van der Waals surface area (Å²) in [6, 6.07) is 8.86. The van der Waals surface area contributed by atoms with Crippen molar-refractivity contribution in [3.63, 3.8) is 0 Å². The predicted molar refractivity (Wildman–Crippen MR) is 77.8 cm³/mol. The number of carbonyl (C=O) groups is 1. The number of carbonyl (C=O) groups excluding carboxylic acids is 1. The molecule has 0 aromatic carbocycles. The van der Waals surface area contributed by atoms with Gasteiger partial charge in [-0.15, -0.1) is 11.3 Å². The number of nitrogens with one attached hydrogen (secondary N) is 2. The van der Waals surface area contributed by atoms with Crippen LogP contribution in [-0.4, -0.2) is 24.0 Å². The van der Waals surface area contributed by atoms with Gasteiger partial charge in [-0.05, 0) is 42.8 Å². The summed E-state index contributed by atoms with van der Waals surface area (Å²) in [7, 11) is 0. The molecule has 2 aromatic heterocycles. The molecular weight excluding hydrogens is 272 g/mol. The summed E-state index contributed by atoms with van der Waals surface area (Å²) in [5.74, 6) is 1.06. The average Bonchev–Trinajstić information content (AvgIpc) is 3.21. The molecule has 104 valence electrons. The lowest BCUT2D eigenvalue weighted by atomic mass is 9.95. The summed E-state index contributed by atoms with van der Waals surface area (Å²) in [5.41, 5.74) is 0. The van der Waals surface area contributed by atoms with E-state index in [9.17, 15) is 4.79 Å². The molecule has 0 radical (unpaired) electrons. The minimum absolute atomic E-state index is 0.104. The zero-order valence-electron chi connectivity index (χ0n) is 11.0. The zero-order valence-corrected chi connectivity index (χ0v) is 11.8. The van der Waals surface area contributed by atoms with Crippen LogP contribution in [0.3, 0.4) is 0 Å². The van der Waals surface area contributed by atoms with Crippen LogP contribution in [0.2, 0.25) is 0 Å². The van der Waals surface area contributed by atoms with Gasteiger partial charge in [0.15, 0.2) is 5.76 Å². The van der Waals surface area contributed by atoms with Gasteiger partial charge in [0.05, 0.1) is 4.88 Å². The van der Waals surface area contributed by atoms with Crippen LogP contribution in [0.4, 0.5) is 0 Å². The van der Waals surface area contributed by atoms with E-state index in [-0.39, 0.29) is 11.9 Å². The van der Waals surface area contributed by atoms with Crippen LogP contribution < -0.4 is 10.6 Å². The Morgan fingerprint density at radius 3 is 3.00 bits per heavy atom. The molecule has 5 heteroatoms. The highest BCUT2D eigenvalue weighted by molar-refractivity contribution is 7.13. The summed E-state index contributed by atoms with van der Waals surface area (Å²) in [6.07, 6.45) is 3.43. The van der Waals surface area contributed by atoms with E-state index in [1.165, 1.54) is 6.42 Å². The smallest absolute Gasteiger partial charge is 0.287 e. The van der Waals surface area contributed by atoms with Crippen molar-refractivity contribution in [2.24, 2.45) is 0 Å². The Kier molecular flexibility index (Phi) is 2.89. The largest absolute Gasteiger partial charge is 0.450 e. The summed E-state index contributed by atoms with van der Waals surface area (Å²) in [4.78, 5) is 13.3. The van der Waals surface area contributed by atoms with Gasteiger partial charge in [-0.2, -0.15) is 0 Å². The molecular formula is C15H16N2O2S. The molecule has 0 aliphatic carbocycles. The monoisotopic (exact) mass is 288 g/mol. The number of fused-ring (bicyclic) bond motifs is 2. The molecule has 0 spiro atoms. The summed E-state index contributed by atoms with van der Waals surface area (Å²) in [5, 5.41) is 8.61. The molecule has 20 heavy (non-hydrogen) atoms. The third-order valence-electron chi connectivity index (χ3n) is 4.21. The second kappa shape index (κ2) is 4.75. The topological polar surface area (TPSA) is 54.3 Å². The van der Waals surface area contributed by atoms with Gasteiger partial charge in [0.2, 0.25) is 0 Å². The SMILES string of the molecule is O=C(NC1CC2CCC1N2)c1ccc(-c2cccs2)o1. The van der Waals surface area contributed by atoms with Crippen molar-refractivity contribution in [1.29, 1.82) is 0 Å². The van der Waals surface area contributed by atoms with Crippen molar-refractivity contribution in [3.8, 4) is 10.6 Å². The molecule has 1 amide bonds. The normalized spacial score (nSPS) is 27.9. The van der Waals surface area contributed by atoms with Crippen molar-refractivity contribution in [3.05, 3.63) is 35.4 Å². The maximum Gasteiger partial charge on any atom is 0.287 e. The van der Waals surface area contributed by atoms with Crippen LogP contribution in [0.1, 0.15) is 29.8 Å². The quantitative estimate of drug-likeness (QED) is 0.913. The molecule has 2 saturated heterocycles. The Morgan fingerprint density at radius 1 is 1.35 bits per heavy atom. The van der Waals surface area contributed by atoms with Gasteiger partial charge >= 0.3 is 0 Å². The molecule has 3 unspecified atom stereocenters. The summed E-state index contributed by atoms with van der Waals surface area (Å²) < 4.78 is 5.66. The maximum absolute atomic E-state index is 12.2. The van der Waals surface area contributed by atoms with Crippen LogP contribution in [0.25, 0.3) is 10.6 Å². The number of rotatable bonds is 3. The molecule has 2 N–H and O–H groups in total. The number of hydrogen-bond donors (Lipinski definition) is 2. The zero-order chi connectivity index (χ0) is 13.5. The average molecular weight is 288 g/mol. The first kappa shape index (κ1) is 12.2. The Bertz CT molecular complexity index is 620. The lowest BCUT2D eigenvalue weighted by Gasteiger charge is -2.20. The first-order valence-corrected chi connectivity index (χ1v) is 7.88. The van der Waals surface area contributed by atoms with Crippen LogP contribution >= 0.6 is 11.3 Å². The van der Waals surface area contributed by atoms with E-state index in [1.807, 2.05) is 23.6 Å². The highest BCUT2D eigenvalue weighted by atomic mass is 32.1. The summed E-state index contributed by atoms with van der Waals surface area (Å²) in [6.45, 7) is 0. The Labute approximate surface area is 121 Å². The van der Waals surface area contributed by atoms with Gasteiger partial charge in [-0.25, -0.2) is 0 Å². The number of amides is 1. The Morgan fingerprint density at radius 2 is 2.30 bits per heavy atom. The van der Waals surface area contributed by atoms with Crippen molar-refractivity contribution in [2.75, 3.05) is 0 Å². The van der Waals surface area contributed by atoms with Gasteiger partial charge in [0.1, 0.15) is 5.76 Å². The molecule has 2 aromatic rings. The van der Waals surface area contributed by atoms with Crippen LogP contribution in [-0.2, 0) is 0 Å². The molecule has 4 nitrogen and oxygen atoms in total. The molecule has 3 atom stereocenters. The highest BCUT2D eigenvalue weighted by Gasteiger charge is 2.39. The number of thiophene rings is 1. The van der Waals surface area contributed by atoms with Gasteiger partial charge < -0.3 is 15.1 Å². The highest BCUT2D eigenvalue weighted by Crippen LogP contribution is 2.29. The fourth-order valence-electron chi connectivity index (χ4n) is 3.23. The lowest BCUT2D eigenvalue weighted by Crippen LogP contribution is -2.42. The van der Waals surface area contributed by atoms with E-state index < -0.39 is 0 Å². The van der Waals surface area contributed by atoms with E-state index in [1.54, 1.807) is 17.4 Å². The van der Waals surface area contributed by atoms with Gasteiger partial charge in [0.25, 0.3) is 5.91 Å². The third kappa shape index (κ3) is 2.07. The number of furan rings is 1. The van der Waals surface area contributed by atoms with E-state index in [4.69, 9.17) is 4.42 Å². The van der Waals surface area contributed by atoms with Crippen molar-refractivity contribution in [2.45, 2.75) is 37.4 Å². The van der Waals surface area contributed by atoms with Crippen LogP contribution in [0, 0.1) is 0 Å². The van der Waals surface area contributed by atoms with Gasteiger partial charge in [0, 0.05) is 18.1 Å². The first-order chi connectivity index (χ1) is 9.79. The molecule has 0 saturated carbocycles. The fourth-order valence-corrected chi connectivity index (χ4v) is 3.92. The molecule has 2 aliphatic rings. The van der Waals surface area contributed by atoms with E-state index >= 15 is 0 Å². The van der Waals surface area contributed by atoms with Crippen LogP contribution in [0.5, 0.6) is 0 Å². The number of hydrogen-bond acceptors (Lipinski definition) is 4. The van der Waals surface area contributed by atoms with Crippen LogP contribution in [0.15, 0.2) is 34.1 Å². The molecule has 2 aliphatic heterocycles. The molecule has 2 bridgehead atoms. The fraction of sp³-hybridized carbons (Fsp3) is 0.400. The maximum atomic E-state index is 12.2. The molecule has 2 fully saturated rings. The van der Waals surface area contributed by atoms with Crippen molar-refractivity contribution >= 4 is 17.2 Å². The van der Waals surface area contributed by atoms with Gasteiger partial charge in [-0.3, -0.25) is 4.79 Å². The third-order valence-corrected chi connectivity index (χ3v) is 5.09. The second-order valence-electron chi connectivity index (χ2n) is 5.50. The first-order valence-electron chi connectivity index (χ1n) is 7.00. The predicted octanol–water partition coefficient (Wildman–Crippen LogP) is 2.63. The lowest BCUT2D eigenvalue weighted by molar-refractivity contribution is 0.0903. The van der Waals surface area contributed by atoms with Crippen molar-refractivity contribution < 1.29 is 9.21 Å². The van der Waals surface area contributed by atoms with Gasteiger partial charge in [-0.1, -0.05) is 6.07 Å². The molecule has 4 rings (SSSR count). The molecule has 4 heterocycles. The Balaban J connectivity index is 1.46. The second-order valence-corrected chi connectivity index (χ2v) is 6.45. The Hall–Kier alpha value is -1.59. The standard InChI is InChI=1S/C15H16N2O2S/c18-15(17-11-8-9-3-4-10(11)16-9)13-6-5-12(19-13)14-2-1-7-20-14/h1-2,5-7,9-11,16H,3-4,8H2,(H,17,18). The minimum Gasteiger partial charge on any atom is -0.450 e. The van der Waals surface area contributed by atoms with E-state index in [0.29, 0.717) is 17.8 Å². The van der Waals surface area contributed by atoms with E-state index in [0.717, 1.165) is 23.5 Å². The minimum atomic E-state index is -0.104. The summed E-state index contributed by atoms with van der Waals surface area (Å²) >= 11 is 1.61. The van der Waals surface area contributed by atoms with Crippen molar-refractivity contribution in [1.82, 2.24) is 10.6 Å².